The molecule has 0 bridgehead atoms. The predicted molar refractivity (Wildman–Crippen MR) is 85.4 cm³/mol. The average molecular weight is 298 g/mol. The lowest BCUT2D eigenvalue weighted by Crippen LogP contribution is -2.38. The first-order chi connectivity index (χ1) is 10.7. The Hall–Kier alpha value is -2.14. The minimum atomic E-state index is -0.316. The number of nitrogens with one attached hydrogen (secondary N) is 1. The van der Waals surface area contributed by atoms with Crippen LogP contribution >= 0.6 is 0 Å². The monoisotopic (exact) mass is 298 g/mol. The van der Waals surface area contributed by atoms with Gasteiger partial charge in [0.2, 0.25) is 5.91 Å². The van der Waals surface area contributed by atoms with Gasteiger partial charge >= 0.3 is 0 Å². The van der Waals surface area contributed by atoms with Crippen LogP contribution in [0, 0.1) is 0 Å². The third-order valence-corrected chi connectivity index (χ3v) is 4.36. The van der Waals surface area contributed by atoms with Gasteiger partial charge in [0.1, 0.15) is 6.04 Å². The van der Waals surface area contributed by atoms with E-state index in [1.54, 1.807) is 10.9 Å². The SMILES string of the molecule is CNC(C(=O)N1CCC(c2ccccc2)C1)c1cnn(C)c1. The Morgan fingerprint density at radius 2 is 2.14 bits per heavy atom. The molecule has 5 nitrogen and oxygen atoms in total. The highest BCUT2D eigenvalue weighted by Gasteiger charge is 2.32. The highest BCUT2D eigenvalue weighted by molar-refractivity contribution is 5.83. The van der Waals surface area contributed by atoms with Crippen molar-refractivity contribution in [1.29, 1.82) is 0 Å². The lowest BCUT2D eigenvalue weighted by Gasteiger charge is -2.22. The molecule has 0 aliphatic carbocycles. The number of rotatable bonds is 4. The fourth-order valence-corrected chi connectivity index (χ4v) is 3.16. The van der Waals surface area contributed by atoms with E-state index < -0.39 is 0 Å². The Balaban J connectivity index is 1.70. The summed E-state index contributed by atoms with van der Waals surface area (Å²) in [5.41, 5.74) is 2.23. The number of hydrogen-bond acceptors (Lipinski definition) is 3. The molecule has 5 heteroatoms. The van der Waals surface area contributed by atoms with E-state index in [2.05, 4.69) is 34.7 Å². The second kappa shape index (κ2) is 6.32. The number of aryl methyl sites for hydroxylation is 1. The van der Waals surface area contributed by atoms with Gasteiger partial charge in [0.05, 0.1) is 6.20 Å². The molecule has 22 heavy (non-hydrogen) atoms. The smallest absolute Gasteiger partial charge is 0.244 e. The van der Waals surface area contributed by atoms with E-state index in [0.29, 0.717) is 5.92 Å². The number of benzene rings is 1. The van der Waals surface area contributed by atoms with Crippen molar-refractivity contribution in [3.8, 4) is 0 Å². The van der Waals surface area contributed by atoms with Crippen LogP contribution in [0.1, 0.15) is 29.5 Å². The van der Waals surface area contributed by atoms with Crippen LogP contribution in [0.3, 0.4) is 0 Å². The van der Waals surface area contributed by atoms with E-state index in [-0.39, 0.29) is 11.9 Å². The van der Waals surface area contributed by atoms with Crippen molar-refractivity contribution in [2.75, 3.05) is 20.1 Å². The quantitative estimate of drug-likeness (QED) is 0.934. The summed E-state index contributed by atoms with van der Waals surface area (Å²) in [6, 6.07) is 10.1. The number of carbonyl (C=O) groups excluding carboxylic acids is 1. The number of carbonyl (C=O) groups is 1. The summed E-state index contributed by atoms with van der Waals surface area (Å²) in [5.74, 6) is 0.575. The van der Waals surface area contributed by atoms with Crippen molar-refractivity contribution in [1.82, 2.24) is 20.0 Å². The molecule has 1 aromatic carbocycles. The normalized spacial score (nSPS) is 19.4. The van der Waals surface area contributed by atoms with Gasteiger partial charge in [0.15, 0.2) is 0 Å². The first kappa shape index (κ1) is 14.8. The molecule has 0 saturated carbocycles. The average Bonchev–Trinajstić information content (AvgIpc) is 3.18. The van der Waals surface area contributed by atoms with E-state index in [1.165, 1.54) is 5.56 Å². The first-order valence-corrected chi connectivity index (χ1v) is 7.68. The zero-order valence-electron chi connectivity index (χ0n) is 13.1. The molecule has 2 atom stereocenters. The lowest BCUT2D eigenvalue weighted by atomic mass is 9.99. The highest BCUT2D eigenvalue weighted by atomic mass is 16.2. The van der Waals surface area contributed by atoms with Crippen LogP contribution in [0.2, 0.25) is 0 Å². The Kier molecular flexibility index (Phi) is 4.24. The number of amides is 1. The lowest BCUT2D eigenvalue weighted by molar-refractivity contribution is -0.132. The molecule has 0 radical (unpaired) electrons. The largest absolute Gasteiger partial charge is 0.340 e. The Bertz CT molecular complexity index is 637. The minimum absolute atomic E-state index is 0.133. The third kappa shape index (κ3) is 2.90. The van der Waals surface area contributed by atoms with Gasteiger partial charge in [-0.15, -0.1) is 0 Å². The maximum Gasteiger partial charge on any atom is 0.244 e. The van der Waals surface area contributed by atoms with Gasteiger partial charge in [0, 0.05) is 37.8 Å². The number of aromatic nitrogens is 2. The Labute approximate surface area is 130 Å². The number of hydrogen-bond donors (Lipinski definition) is 1. The Morgan fingerprint density at radius 1 is 1.36 bits per heavy atom. The molecular formula is C17H22N4O. The fourth-order valence-electron chi connectivity index (χ4n) is 3.16. The standard InChI is InChI=1S/C17H22N4O/c1-18-16(15-10-19-20(2)11-15)17(22)21-9-8-14(12-21)13-6-4-3-5-7-13/h3-7,10-11,14,16,18H,8-9,12H2,1-2H3. The van der Waals surface area contributed by atoms with Crippen molar-refractivity contribution in [2.24, 2.45) is 7.05 Å². The molecule has 1 N–H and O–H groups in total. The van der Waals surface area contributed by atoms with Crippen LogP contribution in [-0.2, 0) is 11.8 Å². The summed E-state index contributed by atoms with van der Waals surface area (Å²) in [5, 5.41) is 7.28. The molecule has 1 aromatic heterocycles. The van der Waals surface area contributed by atoms with Crippen LogP contribution < -0.4 is 5.32 Å². The van der Waals surface area contributed by atoms with Gasteiger partial charge in [-0.2, -0.15) is 5.10 Å². The summed E-state index contributed by atoms with van der Waals surface area (Å²) in [6.45, 7) is 1.61. The number of likely N-dealkylation sites (tertiary alicyclic amines) is 1. The first-order valence-electron chi connectivity index (χ1n) is 7.68. The molecule has 1 saturated heterocycles. The predicted octanol–water partition coefficient (Wildman–Crippen LogP) is 1.70. The van der Waals surface area contributed by atoms with Crippen LogP contribution in [0.15, 0.2) is 42.7 Å². The molecule has 0 spiro atoms. The van der Waals surface area contributed by atoms with Crippen molar-refractivity contribution in [3.05, 3.63) is 53.9 Å². The zero-order chi connectivity index (χ0) is 15.5. The van der Waals surface area contributed by atoms with Crippen molar-refractivity contribution < 1.29 is 4.79 Å². The molecular weight excluding hydrogens is 276 g/mol. The molecule has 1 fully saturated rings. The summed E-state index contributed by atoms with van der Waals surface area (Å²) in [4.78, 5) is 14.8. The molecule has 1 aliphatic rings. The van der Waals surface area contributed by atoms with Crippen molar-refractivity contribution >= 4 is 5.91 Å². The minimum Gasteiger partial charge on any atom is -0.340 e. The Morgan fingerprint density at radius 3 is 2.77 bits per heavy atom. The van der Waals surface area contributed by atoms with Gasteiger partial charge in [-0.25, -0.2) is 0 Å². The number of nitrogens with zero attached hydrogens (tertiary/aromatic N) is 3. The van der Waals surface area contributed by atoms with E-state index in [0.717, 1.165) is 25.1 Å². The maximum absolute atomic E-state index is 12.8. The van der Waals surface area contributed by atoms with Crippen LogP contribution in [-0.4, -0.2) is 40.7 Å². The van der Waals surface area contributed by atoms with Gasteiger partial charge in [-0.3, -0.25) is 9.48 Å². The molecule has 2 aromatic rings. The second-order valence-electron chi connectivity index (χ2n) is 5.85. The topological polar surface area (TPSA) is 50.2 Å². The molecule has 1 aliphatic heterocycles. The molecule has 116 valence electrons. The van der Waals surface area contributed by atoms with E-state index in [1.807, 2.05) is 31.3 Å². The molecule has 2 unspecified atom stereocenters. The van der Waals surface area contributed by atoms with Gasteiger partial charge in [-0.05, 0) is 19.0 Å². The third-order valence-electron chi connectivity index (χ3n) is 4.36. The molecule has 2 heterocycles. The van der Waals surface area contributed by atoms with Gasteiger partial charge in [0.25, 0.3) is 0 Å². The van der Waals surface area contributed by atoms with Crippen LogP contribution in [0.4, 0.5) is 0 Å². The van der Waals surface area contributed by atoms with E-state index in [9.17, 15) is 4.79 Å². The zero-order valence-corrected chi connectivity index (χ0v) is 13.1. The van der Waals surface area contributed by atoms with Gasteiger partial charge in [-0.1, -0.05) is 30.3 Å². The van der Waals surface area contributed by atoms with Crippen LogP contribution in [0.5, 0.6) is 0 Å². The summed E-state index contributed by atoms with van der Waals surface area (Å²) in [7, 11) is 3.68. The fraction of sp³-hybridized carbons (Fsp3) is 0.412. The summed E-state index contributed by atoms with van der Waals surface area (Å²) in [6.07, 6.45) is 4.67. The van der Waals surface area contributed by atoms with Crippen molar-refractivity contribution in [2.45, 2.75) is 18.4 Å². The van der Waals surface area contributed by atoms with E-state index >= 15 is 0 Å². The maximum atomic E-state index is 12.8. The molecule has 1 amide bonds. The van der Waals surface area contributed by atoms with Crippen LogP contribution in [0.25, 0.3) is 0 Å². The van der Waals surface area contributed by atoms with Crippen molar-refractivity contribution in [3.63, 3.8) is 0 Å². The summed E-state index contributed by atoms with van der Waals surface area (Å²) >= 11 is 0. The second-order valence-corrected chi connectivity index (χ2v) is 5.85. The molecule has 3 rings (SSSR count). The summed E-state index contributed by atoms with van der Waals surface area (Å²) < 4.78 is 1.73. The number of likely N-dealkylation sites (N-methyl/N-ethyl adjacent to an activating group) is 1. The van der Waals surface area contributed by atoms with Gasteiger partial charge < -0.3 is 10.2 Å². The highest BCUT2D eigenvalue weighted by Crippen LogP contribution is 2.28. The van der Waals surface area contributed by atoms with E-state index in [4.69, 9.17) is 0 Å².